The molecule has 1 N–H and O–H groups in total. The highest BCUT2D eigenvalue weighted by molar-refractivity contribution is 8.10. The maximum Gasteiger partial charge on any atom is 0.251 e. The highest BCUT2D eigenvalue weighted by Crippen LogP contribution is 2.35. The lowest BCUT2D eigenvalue weighted by Crippen LogP contribution is -2.41. The van der Waals surface area contributed by atoms with Crippen LogP contribution >= 0.6 is 23.1 Å². The lowest BCUT2D eigenvalue weighted by atomic mass is 10.1. The Hall–Kier alpha value is -2.52. The fourth-order valence-electron chi connectivity index (χ4n) is 3.51. The van der Waals surface area contributed by atoms with E-state index in [0.717, 1.165) is 66.0 Å². The SMILES string of the molecule is C=C(S/C=C\CC)c1nc2cc(C(=O)NCCN3CCOCC3)ccc2nc1-c1cccs1. The van der Waals surface area contributed by atoms with Gasteiger partial charge in [-0.1, -0.05) is 37.4 Å². The van der Waals surface area contributed by atoms with Crippen molar-refractivity contribution in [2.24, 2.45) is 0 Å². The van der Waals surface area contributed by atoms with Crippen LogP contribution in [0.1, 0.15) is 29.4 Å². The number of thiophene rings is 1. The number of hydrogen-bond donors (Lipinski definition) is 1. The number of carbonyl (C=O) groups is 1. The van der Waals surface area contributed by atoms with Crippen LogP contribution in [-0.4, -0.2) is 60.2 Å². The van der Waals surface area contributed by atoms with Gasteiger partial charge in [-0.15, -0.1) is 11.3 Å². The third-order valence-corrected chi connectivity index (χ3v) is 6.99. The van der Waals surface area contributed by atoms with Gasteiger partial charge in [-0.05, 0) is 41.5 Å². The first-order valence-corrected chi connectivity index (χ1v) is 12.9. The lowest BCUT2D eigenvalue weighted by Gasteiger charge is -2.26. The molecular formula is C25H28N4O2S2. The topological polar surface area (TPSA) is 67.4 Å². The molecule has 4 rings (SSSR count). The summed E-state index contributed by atoms with van der Waals surface area (Å²) in [5.41, 5.74) is 3.60. The monoisotopic (exact) mass is 480 g/mol. The van der Waals surface area contributed by atoms with Crippen molar-refractivity contribution in [3.63, 3.8) is 0 Å². The van der Waals surface area contributed by atoms with Crippen LogP contribution in [0.2, 0.25) is 0 Å². The molecule has 1 aliphatic rings. The van der Waals surface area contributed by atoms with Crippen LogP contribution < -0.4 is 5.32 Å². The van der Waals surface area contributed by atoms with E-state index in [2.05, 4.69) is 29.8 Å². The molecule has 3 heterocycles. The second-order valence-corrected chi connectivity index (χ2v) is 9.58. The molecule has 1 fully saturated rings. The van der Waals surface area contributed by atoms with E-state index in [-0.39, 0.29) is 5.91 Å². The minimum atomic E-state index is -0.102. The predicted molar refractivity (Wildman–Crippen MR) is 138 cm³/mol. The fraction of sp³-hybridized carbons (Fsp3) is 0.320. The zero-order valence-corrected chi connectivity index (χ0v) is 20.4. The summed E-state index contributed by atoms with van der Waals surface area (Å²) >= 11 is 3.17. The summed E-state index contributed by atoms with van der Waals surface area (Å²) in [6.07, 6.45) is 3.06. The third-order valence-electron chi connectivity index (χ3n) is 5.30. The number of ether oxygens (including phenoxy) is 1. The van der Waals surface area contributed by atoms with Gasteiger partial charge in [0.25, 0.3) is 5.91 Å². The molecular weight excluding hydrogens is 452 g/mol. The van der Waals surface area contributed by atoms with Crippen molar-refractivity contribution in [1.82, 2.24) is 20.2 Å². The molecule has 2 aromatic heterocycles. The van der Waals surface area contributed by atoms with Crippen molar-refractivity contribution >= 4 is 44.9 Å². The van der Waals surface area contributed by atoms with Crippen LogP contribution in [0.25, 0.3) is 26.5 Å². The molecule has 1 amide bonds. The maximum absolute atomic E-state index is 12.7. The smallest absolute Gasteiger partial charge is 0.251 e. The van der Waals surface area contributed by atoms with E-state index in [0.29, 0.717) is 17.6 Å². The first-order chi connectivity index (χ1) is 16.2. The Morgan fingerprint density at radius 3 is 2.88 bits per heavy atom. The Morgan fingerprint density at radius 2 is 2.12 bits per heavy atom. The van der Waals surface area contributed by atoms with Gasteiger partial charge < -0.3 is 10.1 Å². The van der Waals surface area contributed by atoms with Crippen LogP contribution in [-0.2, 0) is 4.74 Å². The van der Waals surface area contributed by atoms with E-state index in [1.54, 1.807) is 23.1 Å². The van der Waals surface area contributed by atoms with Crippen molar-refractivity contribution in [3.8, 4) is 10.6 Å². The Balaban J connectivity index is 1.55. The molecule has 1 aliphatic heterocycles. The molecule has 172 valence electrons. The summed E-state index contributed by atoms with van der Waals surface area (Å²) < 4.78 is 5.37. The number of benzene rings is 1. The number of nitrogens with one attached hydrogen (secondary N) is 1. The zero-order valence-electron chi connectivity index (χ0n) is 18.8. The normalized spacial score (nSPS) is 14.7. The minimum absolute atomic E-state index is 0.102. The fourth-order valence-corrected chi connectivity index (χ4v) is 4.93. The third kappa shape index (κ3) is 6.09. The van der Waals surface area contributed by atoms with Gasteiger partial charge in [0, 0.05) is 36.6 Å². The molecule has 0 aliphatic carbocycles. The van der Waals surface area contributed by atoms with Gasteiger partial charge in [0.2, 0.25) is 0 Å². The summed E-state index contributed by atoms with van der Waals surface area (Å²) in [6, 6.07) is 9.54. The lowest BCUT2D eigenvalue weighted by molar-refractivity contribution is 0.0383. The molecule has 8 heteroatoms. The van der Waals surface area contributed by atoms with Crippen LogP contribution in [0.4, 0.5) is 0 Å². The largest absolute Gasteiger partial charge is 0.379 e. The van der Waals surface area contributed by atoms with E-state index >= 15 is 0 Å². The molecule has 0 saturated carbocycles. The number of nitrogens with zero attached hydrogens (tertiary/aromatic N) is 3. The average molecular weight is 481 g/mol. The number of thioether (sulfide) groups is 1. The van der Waals surface area contributed by atoms with E-state index in [9.17, 15) is 4.79 Å². The van der Waals surface area contributed by atoms with Crippen LogP contribution in [0.15, 0.2) is 53.8 Å². The Labute approximate surface area is 202 Å². The molecule has 6 nitrogen and oxygen atoms in total. The van der Waals surface area contributed by atoms with Gasteiger partial charge in [-0.25, -0.2) is 9.97 Å². The van der Waals surface area contributed by atoms with Crippen LogP contribution in [0.5, 0.6) is 0 Å². The summed E-state index contributed by atoms with van der Waals surface area (Å²) in [5, 5.41) is 7.08. The van der Waals surface area contributed by atoms with Crippen molar-refractivity contribution < 1.29 is 9.53 Å². The van der Waals surface area contributed by atoms with Crippen LogP contribution in [0, 0.1) is 0 Å². The second-order valence-electron chi connectivity index (χ2n) is 7.63. The van der Waals surface area contributed by atoms with Gasteiger partial charge in [-0.2, -0.15) is 0 Å². The standard InChI is InChI=1S/C25H28N4O2S2/c1-3-4-15-32-18(2)23-24(22-6-5-16-33-22)27-20-8-7-19(17-21(20)28-23)25(30)26-9-10-29-11-13-31-14-12-29/h4-8,15-17H,2-3,9-14H2,1H3,(H,26,30)/b15-4-. The molecule has 0 unspecified atom stereocenters. The number of carbonyl (C=O) groups excluding carboxylic acids is 1. The Kier molecular flexibility index (Phi) is 8.28. The van der Waals surface area contributed by atoms with Gasteiger partial charge in [-0.3, -0.25) is 9.69 Å². The number of allylic oxidation sites excluding steroid dienone is 1. The Morgan fingerprint density at radius 1 is 1.27 bits per heavy atom. The summed E-state index contributed by atoms with van der Waals surface area (Å²) in [4.78, 5) is 26.7. The molecule has 0 bridgehead atoms. The first-order valence-electron chi connectivity index (χ1n) is 11.1. The van der Waals surface area contributed by atoms with E-state index in [4.69, 9.17) is 14.7 Å². The van der Waals surface area contributed by atoms with Crippen molar-refractivity contribution in [2.75, 3.05) is 39.4 Å². The average Bonchev–Trinajstić information content (AvgIpc) is 3.38. The molecule has 0 atom stereocenters. The quantitative estimate of drug-likeness (QED) is 0.462. The maximum atomic E-state index is 12.7. The number of fused-ring (bicyclic) bond motifs is 1. The van der Waals surface area contributed by atoms with Gasteiger partial charge >= 0.3 is 0 Å². The van der Waals surface area contributed by atoms with E-state index in [1.165, 1.54) is 0 Å². The van der Waals surface area contributed by atoms with Gasteiger partial charge in [0.1, 0.15) is 11.4 Å². The summed E-state index contributed by atoms with van der Waals surface area (Å²) in [5.74, 6) is -0.102. The molecule has 0 radical (unpaired) electrons. The first kappa shape index (κ1) is 23.6. The highest BCUT2D eigenvalue weighted by Gasteiger charge is 2.16. The van der Waals surface area contributed by atoms with Crippen molar-refractivity contribution in [2.45, 2.75) is 13.3 Å². The predicted octanol–water partition coefficient (Wildman–Crippen LogP) is 5.05. The molecule has 3 aromatic rings. The molecule has 1 aromatic carbocycles. The van der Waals surface area contributed by atoms with E-state index in [1.807, 2.05) is 41.1 Å². The van der Waals surface area contributed by atoms with Crippen molar-refractivity contribution in [3.05, 3.63) is 65.0 Å². The molecule has 33 heavy (non-hydrogen) atoms. The molecule has 0 spiro atoms. The number of rotatable bonds is 9. The summed E-state index contributed by atoms with van der Waals surface area (Å²) in [6.45, 7) is 11.1. The van der Waals surface area contributed by atoms with E-state index < -0.39 is 0 Å². The summed E-state index contributed by atoms with van der Waals surface area (Å²) in [7, 11) is 0. The highest BCUT2D eigenvalue weighted by atomic mass is 32.2. The molecule has 1 saturated heterocycles. The second kappa shape index (κ2) is 11.6. The van der Waals surface area contributed by atoms with Gasteiger partial charge in [0.15, 0.2) is 0 Å². The zero-order chi connectivity index (χ0) is 23.0. The number of aromatic nitrogens is 2. The van der Waals surface area contributed by atoms with Gasteiger partial charge in [0.05, 0.1) is 29.1 Å². The number of amides is 1. The Bertz CT molecular complexity index is 1140. The number of morpholine rings is 1. The van der Waals surface area contributed by atoms with Crippen molar-refractivity contribution in [1.29, 1.82) is 0 Å². The number of hydrogen-bond acceptors (Lipinski definition) is 7. The minimum Gasteiger partial charge on any atom is -0.379 e. The van der Waals surface area contributed by atoms with Crippen LogP contribution in [0.3, 0.4) is 0 Å².